The largest absolute Gasteiger partial charge is 0.481 e. The van der Waals surface area contributed by atoms with Crippen LogP contribution in [0.25, 0.3) is 0 Å². The second-order valence-corrected chi connectivity index (χ2v) is 4.88. The number of carboxylic acid groups (broad SMARTS) is 1. The van der Waals surface area contributed by atoms with E-state index in [1.165, 1.54) is 6.08 Å². The van der Waals surface area contributed by atoms with E-state index in [0.717, 1.165) is 19.3 Å². The Morgan fingerprint density at radius 3 is 2.82 bits per heavy atom. The fourth-order valence-corrected chi connectivity index (χ4v) is 3.00. The van der Waals surface area contributed by atoms with Crippen LogP contribution in [0.5, 0.6) is 0 Å². The van der Waals surface area contributed by atoms with Crippen molar-refractivity contribution in [3.63, 3.8) is 0 Å². The third kappa shape index (κ3) is 2.14. The van der Waals surface area contributed by atoms with Crippen molar-refractivity contribution in [2.75, 3.05) is 13.2 Å². The standard InChI is InChI=1S/C12H17NO4/c1-2-5-17-11(16)13-4-3-9-6-12(13,7-9)8-10(14)15/h2,9H,1,3-8H2,(H,14,15). The van der Waals surface area contributed by atoms with Gasteiger partial charge < -0.3 is 14.7 Å². The molecule has 3 rings (SSSR count). The molecule has 0 aromatic rings. The van der Waals surface area contributed by atoms with E-state index in [2.05, 4.69) is 6.58 Å². The Kier molecular flexibility index (Phi) is 3.09. The summed E-state index contributed by atoms with van der Waals surface area (Å²) in [6, 6.07) is 0. The molecule has 2 heterocycles. The SMILES string of the molecule is C=CCOC(=O)N1CCC2CC1(CC(=O)O)C2. The number of fused-ring (bicyclic) bond motifs is 2. The molecule has 0 atom stereocenters. The van der Waals surface area contributed by atoms with Gasteiger partial charge >= 0.3 is 12.1 Å². The monoisotopic (exact) mass is 239 g/mol. The molecule has 0 unspecified atom stereocenters. The quantitative estimate of drug-likeness (QED) is 0.757. The van der Waals surface area contributed by atoms with Crippen LogP contribution in [0.3, 0.4) is 0 Å². The predicted molar refractivity (Wildman–Crippen MR) is 60.6 cm³/mol. The number of carbonyl (C=O) groups excluding carboxylic acids is 1. The number of rotatable bonds is 4. The molecule has 0 aromatic carbocycles. The molecule has 5 nitrogen and oxygen atoms in total. The van der Waals surface area contributed by atoms with Gasteiger partial charge in [-0.2, -0.15) is 0 Å². The molecule has 0 spiro atoms. The smallest absolute Gasteiger partial charge is 0.410 e. The molecule has 0 aromatic heterocycles. The van der Waals surface area contributed by atoms with Crippen LogP contribution in [-0.4, -0.2) is 40.8 Å². The highest BCUT2D eigenvalue weighted by Gasteiger charge is 2.55. The molecular weight excluding hydrogens is 222 g/mol. The Morgan fingerprint density at radius 2 is 2.24 bits per heavy atom. The molecule has 1 N–H and O–H groups in total. The summed E-state index contributed by atoms with van der Waals surface area (Å²) >= 11 is 0. The summed E-state index contributed by atoms with van der Waals surface area (Å²) in [5.41, 5.74) is -0.493. The number of aliphatic carboxylic acids is 1. The van der Waals surface area contributed by atoms with Crippen LogP contribution in [-0.2, 0) is 9.53 Å². The van der Waals surface area contributed by atoms with E-state index in [0.29, 0.717) is 12.5 Å². The number of amides is 1. The molecule has 5 heteroatoms. The first-order valence-corrected chi connectivity index (χ1v) is 5.84. The molecule has 2 saturated heterocycles. The van der Waals surface area contributed by atoms with Gasteiger partial charge in [-0.15, -0.1) is 0 Å². The molecule has 1 saturated carbocycles. The number of carboxylic acids is 1. The normalized spacial score (nSPS) is 30.4. The van der Waals surface area contributed by atoms with Crippen LogP contribution in [0.1, 0.15) is 25.7 Å². The van der Waals surface area contributed by atoms with Crippen LogP contribution >= 0.6 is 0 Å². The molecule has 17 heavy (non-hydrogen) atoms. The molecule has 0 radical (unpaired) electrons. The van der Waals surface area contributed by atoms with Crippen molar-refractivity contribution in [3.05, 3.63) is 12.7 Å². The van der Waals surface area contributed by atoms with Crippen molar-refractivity contribution in [2.45, 2.75) is 31.2 Å². The third-order valence-corrected chi connectivity index (χ3v) is 3.70. The topological polar surface area (TPSA) is 66.8 Å². The Bertz CT molecular complexity index is 346. The van der Waals surface area contributed by atoms with Gasteiger partial charge in [-0.25, -0.2) is 4.79 Å². The summed E-state index contributed by atoms with van der Waals surface area (Å²) in [4.78, 5) is 24.3. The molecule has 94 valence electrons. The molecule has 1 aliphatic carbocycles. The second kappa shape index (κ2) is 4.39. The zero-order chi connectivity index (χ0) is 12.5. The van der Waals surface area contributed by atoms with E-state index in [4.69, 9.17) is 9.84 Å². The first-order chi connectivity index (χ1) is 8.07. The van der Waals surface area contributed by atoms with Crippen LogP contribution in [0.4, 0.5) is 4.79 Å². The Hall–Kier alpha value is -1.52. The van der Waals surface area contributed by atoms with Gasteiger partial charge in [-0.3, -0.25) is 4.79 Å². The number of nitrogens with zero attached hydrogens (tertiary/aromatic N) is 1. The average molecular weight is 239 g/mol. The van der Waals surface area contributed by atoms with Crippen molar-refractivity contribution in [1.29, 1.82) is 0 Å². The van der Waals surface area contributed by atoms with Gasteiger partial charge in [0.25, 0.3) is 0 Å². The highest BCUT2D eigenvalue weighted by molar-refractivity contribution is 5.73. The van der Waals surface area contributed by atoms with Gasteiger partial charge in [0.15, 0.2) is 0 Å². The zero-order valence-electron chi connectivity index (χ0n) is 9.72. The summed E-state index contributed by atoms with van der Waals surface area (Å²) in [5, 5.41) is 8.94. The number of ether oxygens (including phenoxy) is 1. The van der Waals surface area contributed by atoms with Crippen LogP contribution in [0, 0.1) is 5.92 Å². The van der Waals surface area contributed by atoms with E-state index in [1.54, 1.807) is 4.90 Å². The maximum Gasteiger partial charge on any atom is 0.410 e. The minimum absolute atomic E-state index is 0.0205. The summed E-state index contributed by atoms with van der Waals surface area (Å²) in [6.45, 7) is 4.26. The van der Waals surface area contributed by atoms with Gasteiger partial charge in [0.1, 0.15) is 6.61 Å². The van der Waals surface area contributed by atoms with Gasteiger partial charge in [0.05, 0.1) is 12.0 Å². The Morgan fingerprint density at radius 1 is 1.53 bits per heavy atom. The predicted octanol–water partition coefficient (Wildman–Crippen LogP) is 1.64. The Balaban J connectivity index is 2.05. The molecule has 2 aliphatic heterocycles. The number of hydrogen-bond donors (Lipinski definition) is 1. The first-order valence-electron chi connectivity index (χ1n) is 5.84. The summed E-state index contributed by atoms with van der Waals surface area (Å²) in [7, 11) is 0. The van der Waals surface area contributed by atoms with Crippen LogP contribution in [0.2, 0.25) is 0 Å². The van der Waals surface area contributed by atoms with Crippen LogP contribution < -0.4 is 0 Å². The molecule has 1 amide bonds. The summed E-state index contributed by atoms with van der Waals surface area (Å²) in [6.07, 6.45) is 3.65. The van der Waals surface area contributed by atoms with Gasteiger partial charge in [0.2, 0.25) is 0 Å². The van der Waals surface area contributed by atoms with E-state index in [9.17, 15) is 9.59 Å². The van der Waals surface area contributed by atoms with E-state index < -0.39 is 17.6 Å². The summed E-state index contributed by atoms with van der Waals surface area (Å²) < 4.78 is 5.01. The lowest BCUT2D eigenvalue weighted by Gasteiger charge is -2.57. The van der Waals surface area contributed by atoms with Crippen molar-refractivity contribution in [3.8, 4) is 0 Å². The van der Waals surface area contributed by atoms with E-state index in [-0.39, 0.29) is 13.0 Å². The zero-order valence-corrected chi connectivity index (χ0v) is 9.72. The number of hydrogen-bond acceptors (Lipinski definition) is 3. The fourth-order valence-electron chi connectivity index (χ4n) is 3.00. The highest BCUT2D eigenvalue weighted by atomic mass is 16.6. The average Bonchev–Trinajstić information content (AvgIpc) is 2.23. The van der Waals surface area contributed by atoms with Crippen molar-refractivity contribution in [2.24, 2.45) is 5.92 Å². The minimum atomic E-state index is -0.855. The highest BCUT2D eigenvalue weighted by Crippen LogP contribution is 2.50. The fraction of sp³-hybridized carbons (Fsp3) is 0.667. The minimum Gasteiger partial charge on any atom is -0.481 e. The van der Waals surface area contributed by atoms with Crippen molar-refractivity contribution >= 4 is 12.1 Å². The van der Waals surface area contributed by atoms with Gasteiger partial charge in [-0.1, -0.05) is 12.7 Å². The lowest BCUT2D eigenvalue weighted by molar-refractivity contribution is -0.146. The van der Waals surface area contributed by atoms with Crippen molar-refractivity contribution < 1.29 is 19.4 Å². The molecule has 3 aliphatic rings. The Labute approximate surface area is 100 Å². The molecular formula is C12H17NO4. The van der Waals surface area contributed by atoms with Gasteiger partial charge in [0, 0.05) is 6.54 Å². The molecule has 3 fully saturated rings. The number of carbonyl (C=O) groups is 2. The lowest BCUT2D eigenvalue weighted by Crippen LogP contribution is -2.65. The summed E-state index contributed by atoms with van der Waals surface area (Å²) in [5.74, 6) is -0.273. The van der Waals surface area contributed by atoms with Gasteiger partial charge in [-0.05, 0) is 25.2 Å². The lowest BCUT2D eigenvalue weighted by atomic mass is 9.61. The van der Waals surface area contributed by atoms with Crippen LogP contribution in [0.15, 0.2) is 12.7 Å². The maximum absolute atomic E-state index is 11.8. The maximum atomic E-state index is 11.8. The second-order valence-electron chi connectivity index (χ2n) is 4.88. The van der Waals surface area contributed by atoms with E-state index >= 15 is 0 Å². The first kappa shape index (κ1) is 12.0. The third-order valence-electron chi connectivity index (χ3n) is 3.70. The molecule has 2 bridgehead atoms. The van der Waals surface area contributed by atoms with E-state index in [1.807, 2.05) is 0 Å². The number of piperidine rings is 2. The van der Waals surface area contributed by atoms with Crippen molar-refractivity contribution in [1.82, 2.24) is 4.90 Å².